The number of morpholine rings is 1. The predicted molar refractivity (Wildman–Crippen MR) is 136 cm³/mol. The lowest BCUT2D eigenvalue weighted by molar-refractivity contribution is 0.122. The third-order valence-electron chi connectivity index (χ3n) is 6.99. The number of hydrogen-bond acceptors (Lipinski definition) is 6. The summed E-state index contributed by atoms with van der Waals surface area (Å²) in [5, 5.41) is 1.38. The molecule has 180 valence electrons. The van der Waals surface area contributed by atoms with Gasteiger partial charge in [-0.3, -0.25) is 9.97 Å². The number of rotatable bonds is 7. The number of anilines is 1. The number of H-pyrrole nitrogens is 1. The summed E-state index contributed by atoms with van der Waals surface area (Å²) in [6.07, 6.45) is 11.5. The monoisotopic (exact) mass is 469 g/mol. The molecule has 1 aliphatic heterocycles. The van der Waals surface area contributed by atoms with Gasteiger partial charge in [0.2, 0.25) is 5.88 Å². The van der Waals surface area contributed by atoms with Gasteiger partial charge < -0.3 is 19.4 Å². The summed E-state index contributed by atoms with van der Waals surface area (Å²) in [5.74, 6) is 0.660. The smallest absolute Gasteiger partial charge is 0.215 e. The number of fused-ring (bicyclic) bond motifs is 3. The fourth-order valence-electron chi connectivity index (χ4n) is 5.21. The molecule has 1 aliphatic carbocycles. The van der Waals surface area contributed by atoms with Gasteiger partial charge >= 0.3 is 0 Å². The number of pyridine rings is 1. The van der Waals surface area contributed by atoms with Crippen LogP contribution in [-0.4, -0.2) is 52.8 Å². The fourth-order valence-corrected chi connectivity index (χ4v) is 5.21. The van der Waals surface area contributed by atoms with Gasteiger partial charge in [-0.15, -0.1) is 0 Å². The number of ether oxygens (including phenoxy) is 2. The zero-order chi connectivity index (χ0) is 23.5. The van der Waals surface area contributed by atoms with Gasteiger partial charge in [-0.1, -0.05) is 6.07 Å². The van der Waals surface area contributed by atoms with E-state index in [1.54, 1.807) is 18.6 Å². The highest BCUT2D eigenvalue weighted by Gasteiger charge is 2.17. The first-order chi connectivity index (χ1) is 17.3. The lowest BCUT2D eigenvalue weighted by Crippen LogP contribution is -2.36. The lowest BCUT2D eigenvalue weighted by Gasteiger charge is -2.29. The third-order valence-corrected chi connectivity index (χ3v) is 6.99. The largest absolute Gasteiger partial charge is 0.477 e. The maximum Gasteiger partial charge on any atom is 0.215 e. The van der Waals surface area contributed by atoms with Crippen LogP contribution < -0.4 is 9.64 Å². The first-order valence-electron chi connectivity index (χ1n) is 12.7. The molecule has 0 saturated carbocycles. The van der Waals surface area contributed by atoms with Crippen LogP contribution in [0.4, 0.5) is 5.69 Å². The average molecular weight is 470 g/mol. The molecule has 1 N–H and O–H groups in total. The molecule has 7 nitrogen and oxygen atoms in total. The molecule has 0 unspecified atom stereocenters. The highest BCUT2D eigenvalue weighted by molar-refractivity contribution is 5.85. The van der Waals surface area contributed by atoms with Crippen LogP contribution in [-0.2, 0) is 30.4 Å². The van der Waals surface area contributed by atoms with Gasteiger partial charge in [0.05, 0.1) is 31.2 Å². The molecule has 0 spiro atoms. The van der Waals surface area contributed by atoms with Crippen LogP contribution in [0.1, 0.15) is 41.1 Å². The van der Waals surface area contributed by atoms with Crippen molar-refractivity contribution < 1.29 is 9.47 Å². The Morgan fingerprint density at radius 1 is 1.00 bits per heavy atom. The SMILES string of the molecule is c1cnc(CCOc2cc(N3CCOCC3)cc(Cc3ccc4[nH]c5c(c4c3)CCCC5)n2)cn1. The van der Waals surface area contributed by atoms with Crippen LogP contribution in [0.5, 0.6) is 5.88 Å². The molecule has 35 heavy (non-hydrogen) atoms. The Bertz CT molecular complexity index is 1300. The lowest BCUT2D eigenvalue weighted by atomic mass is 9.95. The quantitative estimate of drug-likeness (QED) is 0.435. The van der Waals surface area contributed by atoms with Gasteiger partial charge in [-0.25, -0.2) is 4.98 Å². The van der Waals surface area contributed by atoms with Crippen LogP contribution in [0.3, 0.4) is 0 Å². The standard InChI is InChI=1S/C28H31N5O2/c1-2-4-26-24(3-1)25-16-20(5-6-27(25)32-26)15-22-17-23(33-10-13-34-14-11-33)18-28(31-22)35-12-7-21-19-29-8-9-30-21/h5-6,8-9,16-19,32H,1-4,7,10-15H2. The van der Waals surface area contributed by atoms with Crippen molar-refractivity contribution in [3.05, 3.63) is 77.1 Å². The number of aromatic nitrogens is 4. The summed E-state index contributed by atoms with van der Waals surface area (Å²) in [7, 11) is 0. The van der Waals surface area contributed by atoms with E-state index in [0.29, 0.717) is 18.9 Å². The van der Waals surface area contributed by atoms with Crippen LogP contribution in [0, 0.1) is 0 Å². The number of benzene rings is 1. The van der Waals surface area contributed by atoms with Gasteiger partial charge in [0, 0.05) is 72.9 Å². The minimum absolute atomic E-state index is 0.513. The fraction of sp³-hybridized carbons (Fsp3) is 0.393. The maximum atomic E-state index is 6.11. The summed E-state index contributed by atoms with van der Waals surface area (Å²) < 4.78 is 11.7. The number of hydrogen-bond donors (Lipinski definition) is 1. The molecule has 2 aliphatic rings. The van der Waals surface area contributed by atoms with Crippen molar-refractivity contribution in [3.63, 3.8) is 0 Å². The van der Waals surface area contributed by atoms with Crippen molar-refractivity contribution >= 4 is 16.6 Å². The summed E-state index contributed by atoms with van der Waals surface area (Å²) in [6.45, 7) is 3.76. The van der Waals surface area contributed by atoms with E-state index in [0.717, 1.165) is 56.2 Å². The van der Waals surface area contributed by atoms with Crippen molar-refractivity contribution in [2.45, 2.75) is 38.5 Å². The number of nitrogens with zero attached hydrogens (tertiary/aromatic N) is 4. The number of nitrogens with one attached hydrogen (secondary N) is 1. The van der Waals surface area contributed by atoms with Crippen LogP contribution in [0.15, 0.2) is 48.9 Å². The van der Waals surface area contributed by atoms with Crippen LogP contribution in [0.2, 0.25) is 0 Å². The van der Waals surface area contributed by atoms with E-state index >= 15 is 0 Å². The Hall–Kier alpha value is -3.45. The van der Waals surface area contributed by atoms with Crippen molar-refractivity contribution in [2.75, 3.05) is 37.8 Å². The molecule has 0 bridgehead atoms. The van der Waals surface area contributed by atoms with E-state index in [1.807, 2.05) is 0 Å². The summed E-state index contributed by atoms with van der Waals surface area (Å²) >= 11 is 0. The number of aromatic amines is 1. The van der Waals surface area contributed by atoms with E-state index in [4.69, 9.17) is 14.5 Å². The van der Waals surface area contributed by atoms with Gasteiger partial charge in [0.1, 0.15) is 0 Å². The molecule has 1 saturated heterocycles. The molecule has 0 radical (unpaired) electrons. The van der Waals surface area contributed by atoms with E-state index in [1.165, 1.54) is 47.0 Å². The van der Waals surface area contributed by atoms with Crippen molar-refractivity contribution in [1.29, 1.82) is 0 Å². The molecule has 1 aromatic carbocycles. The van der Waals surface area contributed by atoms with E-state index in [9.17, 15) is 0 Å². The normalized spacial score (nSPS) is 15.8. The van der Waals surface area contributed by atoms with E-state index in [2.05, 4.69) is 50.2 Å². The number of aryl methyl sites for hydroxylation is 2. The zero-order valence-electron chi connectivity index (χ0n) is 20.0. The minimum Gasteiger partial charge on any atom is -0.477 e. The Morgan fingerprint density at radius 2 is 1.91 bits per heavy atom. The summed E-state index contributed by atoms with van der Waals surface area (Å²) in [5.41, 5.74) is 8.55. The molecule has 3 aromatic heterocycles. The zero-order valence-corrected chi connectivity index (χ0v) is 20.0. The first kappa shape index (κ1) is 22.0. The van der Waals surface area contributed by atoms with Gasteiger partial charge in [0.25, 0.3) is 0 Å². The Balaban J connectivity index is 1.25. The first-order valence-corrected chi connectivity index (χ1v) is 12.7. The molecule has 4 heterocycles. The van der Waals surface area contributed by atoms with Crippen molar-refractivity contribution in [3.8, 4) is 5.88 Å². The highest BCUT2D eigenvalue weighted by Crippen LogP contribution is 2.31. The average Bonchev–Trinajstić information content (AvgIpc) is 3.28. The molecule has 4 aromatic rings. The predicted octanol–water partition coefficient (Wildman–Crippen LogP) is 4.28. The van der Waals surface area contributed by atoms with E-state index < -0.39 is 0 Å². The molecular weight excluding hydrogens is 438 g/mol. The molecule has 0 amide bonds. The van der Waals surface area contributed by atoms with Crippen molar-refractivity contribution in [2.24, 2.45) is 0 Å². The van der Waals surface area contributed by atoms with Crippen molar-refractivity contribution in [1.82, 2.24) is 19.9 Å². The Labute approximate surface area is 205 Å². The second-order valence-electron chi connectivity index (χ2n) is 9.40. The van der Waals surface area contributed by atoms with E-state index in [-0.39, 0.29) is 0 Å². The van der Waals surface area contributed by atoms with Gasteiger partial charge in [-0.05, 0) is 55.0 Å². The Kier molecular flexibility index (Phi) is 6.32. The maximum absolute atomic E-state index is 6.11. The van der Waals surface area contributed by atoms with Crippen LogP contribution in [0.25, 0.3) is 10.9 Å². The topological polar surface area (TPSA) is 76.2 Å². The Morgan fingerprint density at radius 3 is 2.80 bits per heavy atom. The van der Waals surface area contributed by atoms with Gasteiger partial charge in [0.15, 0.2) is 0 Å². The third kappa shape index (κ3) is 5.00. The molecular formula is C28H31N5O2. The molecule has 1 fully saturated rings. The molecule has 7 heteroatoms. The van der Waals surface area contributed by atoms with Crippen LogP contribution >= 0.6 is 0 Å². The van der Waals surface area contributed by atoms with Gasteiger partial charge in [-0.2, -0.15) is 0 Å². The molecule has 6 rings (SSSR count). The second kappa shape index (κ2) is 10.0. The molecule has 0 atom stereocenters. The minimum atomic E-state index is 0.513. The summed E-state index contributed by atoms with van der Waals surface area (Å²) in [6, 6.07) is 11.1. The highest BCUT2D eigenvalue weighted by atomic mass is 16.5. The summed E-state index contributed by atoms with van der Waals surface area (Å²) in [4.78, 5) is 19.4. The second-order valence-corrected chi connectivity index (χ2v) is 9.40.